The number of amides is 3. The van der Waals surface area contributed by atoms with Crippen molar-refractivity contribution < 1.29 is 23.2 Å². The number of halogens is 3. The molecule has 3 amide bonds. The van der Waals surface area contributed by atoms with Gasteiger partial charge in [0.25, 0.3) is 17.7 Å². The fraction of sp³-hybridized carbons (Fsp3) is 0. The summed E-state index contributed by atoms with van der Waals surface area (Å²) in [6.45, 7) is 0. The highest BCUT2D eigenvalue weighted by molar-refractivity contribution is 9.10. The number of imide groups is 1. The maximum atomic E-state index is 13.5. The smallest absolute Gasteiger partial charge is 0.283 e. The first-order valence-electron chi connectivity index (χ1n) is 11.5. The van der Waals surface area contributed by atoms with Crippen LogP contribution in [-0.4, -0.2) is 17.7 Å². The number of rotatable bonds is 7. The van der Waals surface area contributed by atoms with E-state index in [1.165, 1.54) is 48.5 Å². The van der Waals surface area contributed by atoms with Crippen molar-refractivity contribution in [2.24, 2.45) is 0 Å². The van der Waals surface area contributed by atoms with Gasteiger partial charge in [-0.05, 0) is 91.0 Å². The summed E-state index contributed by atoms with van der Waals surface area (Å²) >= 11 is 4.43. The van der Waals surface area contributed by atoms with Crippen molar-refractivity contribution in [1.82, 2.24) is 0 Å². The van der Waals surface area contributed by atoms with Gasteiger partial charge in [-0.1, -0.05) is 33.8 Å². The van der Waals surface area contributed by atoms with Gasteiger partial charge in [-0.2, -0.15) is 0 Å². The third kappa shape index (κ3) is 5.92. The van der Waals surface area contributed by atoms with Crippen LogP contribution in [-0.2, 0) is 9.59 Å². The third-order valence-electron chi connectivity index (χ3n) is 5.66. The molecule has 0 unspecified atom stereocenters. The van der Waals surface area contributed by atoms with E-state index in [1.807, 2.05) is 0 Å². The summed E-state index contributed by atoms with van der Waals surface area (Å²) in [6.07, 6.45) is 0. The van der Waals surface area contributed by atoms with Crippen LogP contribution in [0.15, 0.2) is 117 Å². The lowest BCUT2D eigenvalue weighted by molar-refractivity contribution is -0.120. The van der Waals surface area contributed by atoms with Gasteiger partial charge in [-0.25, -0.2) is 13.7 Å². The van der Waals surface area contributed by atoms with E-state index in [0.29, 0.717) is 16.3 Å². The zero-order valence-electron chi connectivity index (χ0n) is 20.0. The molecule has 4 aromatic carbocycles. The normalized spacial score (nSPS) is 13.2. The molecule has 1 aliphatic rings. The highest BCUT2D eigenvalue weighted by Gasteiger charge is 2.40. The Hall–Kier alpha value is -4.28. The quantitative estimate of drug-likeness (QED) is 0.222. The van der Waals surface area contributed by atoms with Crippen molar-refractivity contribution in [2.75, 3.05) is 15.5 Å². The SMILES string of the molecule is O=C(Nc1cccc(SC2=C(Nc3ccc(Br)cc3)C(=O)N(c3ccc(F)cc3)C2=O)c1)c1ccc(F)cc1. The second-order valence-electron chi connectivity index (χ2n) is 8.35. The lowest BCUT2D eigenvalue weighted by atomic mass is 10.2. The number of thioether (sulfide) groups is 1. The van der Waals surface area contributed by atoms with Crippen LogP contribution in [0.3, 0.4) is 0 Å². The first-order valence-corrected chi connectivity index (χ1v) is 13.2. The van der Waals surface area contributed by atoms with Crippen molar-refractivity contribution in [3.63, 3.8) is 0 Å². The van der Waals surface area contributed by atoms with Crippen LogP contribution in [0.2, 0.25) is 0 Å². The molecule has 194 valence electrons. The summed E-state index contributed by atoms with van der Waals surface area (Å²) in [5.41, 5.74) is 1.62. The minimum Gasteiger partial charge on any atom is -0.350 e. The van der Waals surface area contributed by atoms with Gasteiger partial charge in [0, 0.05) is 26.3 Å². The summed E-state index contributed by atoms with van der Waals surface area (Å²) in [7, 11) is 0. The molecule has 2 N–H and O–H groups in total. The zero-order valence-corrected chi connectivity index (χ0v) is 22.4. The van der Waals surface area contributed by atoms with Crippen LogP contribution in [0.1, 0.15) is 10.4 Å². The zero-order chi connectivity index (χ0) is 27.5. The fourth-order valence-electron chi connectivity index (χ4n) is 3.78. The predicted octanol–water partition coefficient (Wildman–Crippen LogP) is 6.97. The third-order valence-corrected chi connectivity index (χ3v) is 7.26. The van der Waals surface area contributed by atoms with Crippen molar-refractivity contribution >= 4 is 62.5 Å². The summed E-state index contributed by atoms with van der Waals surface area (Å²) in [5.74, 6) is -2.53. The minimum absolute atomic E-state index is 0.0670. The van der Waals surface area contributed by atoms with Crippen molar-refractivity contribution in [3.8, 4) is 0 Å². The molecule has 0 saturated heterocycles. The molecular formula is C29H18BrF2N3O3S. The maximum Gasteiger partial charge on any atom is 0.283 e. The van der Waals surface area contributed by atoms with E-state index in [0.717, 1.165) is 21.1 Å². The first-order chi connectivity index (χ1) is 18.8. The van der Waals surface area contributed by atoms with Crippen molar-refractivity contribution in [2.45, 2.75) is 4.90 Å². The molecule has 39 heavy (non-hydrogen) atoms. The average Bonchev–Trinajstić information content (AvgIpc) is 3.15. The van der Waals surface area contributed by atoms with Gasteiger partial charge >= 0.3 is 0 Å². The highest BCUT2D eigenvalue weighted by Crippen LogP contribution is 2.38. The van der Waals surface area contributed by atoms with Crippen LogP contribution in [0.25, 0.3) is 0 Å². The molecule has 6 nitrogen and oxygen atoms in total. The van der Waals surface area contributed by atoms with Crippen molar-refractivity contribution in [1.29, 1.82) is 0 Å². The summed E-state index contributed by atoms with van der Waals surface area (Å²) in [6, 6.07) is 24.1. The Balaban J connectivity index is 1.44. The molecule has 0 spiro atoms. The molecule has 0 bridgehead atoms. The molecular weight excluding hydrogens is 588 g/mol. The number of hydrogen-bond donors (Lipinski definition) is 2. The Morgan fingerprint density at radius 1 is 0.769 bits per heavy atom. The lowest BCUT2D eigenvalue weighted by Crippen LogP contribution is -2.32. The number of nitrogens with zero attached hydrogens (tertiary/aromatic N) is 1. The number of anilines is 3. The molecule has 0 aromatic heterocycles. The molecule has 0 radical (unpaired) electrons. The van der Waals surface area contributed by atoms with Crippen LogP contribution in [0.4, 0.5) is 25.8 Å². The number of carbonyl (C=O) groups is 3. The molecule has 0 atom stereocenters. The second kappa shape index (κ2) is 11.2. The van der Waals surface area contributed by atoms with Gasteiger partial charge < -0.3 is 10.6 Å². The molecule has 1 aliphatic heterocycles. The van der Waals surface area contributed by atoms with E-state index in [-0.39, 0.29) is 21.9 Å². The first kappa shape index (κ1) is 26.3. The van der Waals surface area contributed by atoms with E-state index in [2.05, 4.69) is 26.6 Å². The van der Waals surface area contributed by atoms with Crippen LogP contribution in [0.5, 0.6) is 0 Å². The number of nitrogens with one attached hydrogen (secondary N) is 2. The molecule has 10 heteroatoms. The van der Waals surface area contributed by atoms with Crippen LogP contribution >= 0.6 is 27.7 Å². The molecule has 0 fully saturated rings. The number of carbonyl (C=O) groups excluding carboxylic acids is 3. The second-order valence-corrected chi connectivity index (χ2v) is 10.3. The predicted molar refractivity (Wildman–Crippen MR) is 150 cm³/mol. The van der Waals surface area contributed by atoms with Crippen molar-refractivity contribution in [3.05, 3.63) is 129 Å². The van der Waals surface area contributed by atoms with Crippen LogP contribution in [0, 0.1) is 11.6 Å². The summed E-state index contributed by atoms with van der Waals surface area (Å²) < 4.78 is 27.6. The molecule has 1 heterocycles. The lowest BCUT2D eigenvalue weighted by Gasteiger charge is -2.15. The molecule has 0 aliphatic carbocycles. The average molecular weight is 606 g/mol. The number of hydrogen-bond acceptors (Lipinski definition) is 5. The Morgan fingerprint density at radius 2 is 1.41 bits per heavy atom. The van der Waals surface area contributed by atoms with Gasteiger partial charge in [0.15, 0.2) is 0 Å². The fourth-order valence-corrected chi connectivity index (χ4v) is 5.03. The van der Waals surface area contributed by atoms with E-state index in [9.17, 15) is 23.2 Å². The topological polar surface area (TPSA) is 78.5 Å². The Kier molecular flexibility index (Phi) is 7.58. The standard InChI is InChI=1S/C29H18BrF2N3O3S/c30-18-6-12-21(13-7-18)33-25-26(29(38)35(28(25)37)23-14-10-20(32)11-15-23)39-24-3-1-2-22(16-24)34-27(36)17-4-8-19(31)9-5-17/h1-16,33H,(H,34,36). The molecule has 5 rings (SSSR count). The minimum atomic E-state index is -0.585. The highest BCUT2D eigenvalue weighted by atomic mass is 79.9. The van der Waals surface area contributed by atoms with E-state index < -0.39 is 29.4 Å². The van der Waals surface area contributed by atoms with E-state index in [1.54, 1.807) is 48.5 Å². The largest absolute Gasteiger partial charge is 0.350 e. The Morgan fingerprint density at radius 3 is 2.08 bits per heavy atom. The van der Waals surface area contributed by atoms with Gasteiger partial charge in [-0.3, -0.25) is 14.4 Å². The van der Waals surface area contributed by atoms with E-state index >= 15 is 0 Å². The van der Waals surface area contributed by atoms with Gasteiger partial charge in [0.2, 0.25) is 0 Å². The van der Waals surface area contributed by atoms with Gasteiger partial charge in [0.1, 0.15) is 22.2 Å². The van der Waals surface area contributed by atoms with Gasteiger partial charge in [-0.15, -0.1) is 0 Å². The Labute approximate surface area is 234 Å². The van der Waals surface area contributed by atoms with Gasteiger partial charge in [0.05, 0.1) is 5.69 Å². The summed E-state index contributed by atoms with van der Waals surface area (Å²) in [5, 5.41) is 5.80. The number of benzene rings is 4. The molecule has 4 aromatic rings. The maximum absolute atomic E-state index is 13.5. The summed E-state index contributed by atoms with van der Waals surface area (Å²) in [4.78, 5) is 41.3. The molecule has 0 saturated carbocycles. The van der Waals surface area contributed by atoms with Crippen LogP contribution < -0.4 is 15.5 Å². The Bertz CT molecular complexity index is 1610. The monoisotopic (exact) mass is 605 g/mol. The van der Waals surface area contributed by atoms with E-state index in [4.69, 9.17) is 0 Å².